The minimum atomic E-state index is -0.635. The molecule has 2 aromatic rings. The fourth-order valence-electron chi connectivity index (χ4n) is 1.75. The molecule has 1 unspecified atom stereocenters. The Morgan fingerprint density at radius 1 is 1.45 bits per heavy atom. The highest BCUT2D eigenvalue weighted by Gasteiger charge is 2.16. The molecule has 0 spiro atoms. The van der Waals surface area contributed by atoms with Crippen molar-refractivity contribution >= 4 is 23.3 Å². The molecule has 0 aliphatic heterocycles. The Hall–Kier alpha value is -2.01. The fourth-order valence-corrected chi connectivity index (χ4v) is 1.93. The lowest BCUT2D eigenvalue weighted by Gasteiger charge is -2.14. The molecule has 1 atom stereocenters. The predicted molar refractivity (Wildman–Crippen MR) is 78.1 cm³/mol. The van der Waals surface area contributed by atoms with Gasteiger partial charge in [-0.2, -0.15) is 5.10 Å². The number of carbonyl (C=O) groups is 1. The minimum absolute atomic E-state index is 0.243. The van der Waals surface area contributed by atoms with Crippen LogP contribution in [0.25, 0.3) is 0 Å². The van der Waals surface area contributed by atoms with Crippen molar-refractivity contribution in [1.82, 2.24) is 9.78 Å². The van der Waals surface area contributed by atoms with Gasteiger partial charge in [-0.3, -0.25) is 9.48 Å². The van der Waals surface area contributed by atoms with E-state index in [1.165, 1.54) is 0 Å². The fraction of sp³-hybridized carbons (Fsp3) is 0.286. The van der Waals surface area contributed by atoms with Gasteiger partial charge in [0.05, 0.1) is 5.69 Å². The van der Waals surface area contributed by atoms with Gasteiger partial charge in [0.15, 0.2) is 6.10 Å². The number of hydrogen-bond acceptors (Lipinski definition) is 3. The first-order valence-corrected chi connectivity index (χ1v) is 6.57. The molecule has 106 valence electrons. The highest BCUT2D eigenvalue weighted by Crippen LogP contribution is 2.18. The van der Waals surface area contributed by atoms with Crippen LogP contribution in [0.4, 0.5) is 5.82 Å². The standard InChI is InChI=1S/C14H16ClN3O2/c1-9-7-13(18(3)17-9)16-14(19)10(2)20-12-6-4-5-11(15)8-12/h4-8,10H,1-3H3,(H,16,19). The zero-order valence-corrected chi connectivity index (χ0v) is 12.3. The first-order valence-electron chi connectivity index (χ1n) is 6.19. The molecule has 2 rings (SSSR count). The number of carbonyl (C=O) groups excluding carboxylic acids is 1. The van der Waals surface area contributed by atoms with E-state index < -0.39 is 6.10 Å². The number of ether oxygens (including phenoxy) is 1. The molecule has 0 saturated carbocycles. The summed E-state index contributed by atoms with van der Waals surface area (Å²) in [5, 5.41) is 7.50. The molecule has 1 N–H and O–H groups in total. The van der Waals surface area contributed by atoms with Crippen molar-refractivity contribution in [2.75, 3.05) is 5.32 Å². The van der Waals surface area contributed by atoms with Crippen LogP contribution < -0.4 is 10.1 Å². The number of anilines is 1. The van der Waals surface area contributed by atoms with Gasteiger partial charge >= 0.3 is 0 Å². The summed E-state index contributed by atoms with van der Waals surface area (Å²) in [4.78, 5) is 12.1. The number of nitrogens with one attached hydrogen (secondary N) is 1. The third kappa shape index (κ3) is 3.51. The molecule has 1 amide bonds. The van der Waals surface area contributed by atoms with Crippen LogP contribution in [-0.2, 0) is 11.8 Å². The van der Waals surface area contributed by atoms with Crippen LogP contribution >= 0.6 is 11.6 Å². The van der Waals surface area contributed by atoms with Crippen LogP contribution in [0.5, 0.6) is 5.75 Å². The van der Waals surface area contributed by atoms with Gasteiger partial charge in [0.1, 0.15) is 11.6 Å². The summed E-state index contributed by atoms with van der Waals surface area (Å²) < 4.78 is 7.16. The second kappa shape index (κ2) is 5.96. The maximum atomic E-state index is 12.1. The largest absolute Gasteiger partial charge is 0.481 e. The number of aryl methyl sites for hydroxylation is 2. The van der Waals surface area contributed by atoms with Crippen molar-refractivity contribution in [3.63, 3.8) is 0 Å². The van der Waals surface area contributed by atoms with Gasteiger partial charge in [-0.15, -0.1) is 0 Å². The van der Waals surface area contributed by atoms with E-state index in [1.807, 2.05) is 6.92 Å². The van der Waals surface area contributed by atoms with Gasteiger partial charge < -0.3 is 10.1 Å². The molecule has 1 aromatic heterocycles. The highest BCUT2D eigenvalue weighted by molar-refractivity contribution is 6.30. The van der Waals surface area contributed by atoms with E-state index in [2.05, 4.69) is 10.4 Å². The molecule has 20 heavy (non-hydrogen) atoms. The smallest absolute Gasteiger partial charge is 0.266 e. The summed E-state index contributed by atoms with van der Waals surface area (Å²) in [5.41, 5.74) is 0.839. The Morgan fingerprint density at radius 2 is 2.20 bits per heavy atom. The number of hydrogen-bond donors (Lipinski definition) is 1. The van der Waals surface area contributed by atoms with Crippen molar-refractivity contribution < 1.29 is 9.53 Å². The molecule has 1 aromatic carbocycles. The third-order valence-electron chi connectivity index (χ3n) is 2.73. The molecule has 6 heteroatoms. The topological polar surface area (TPSA) is 56.1 Å². The van der Waals surface area contributed by atoms with E-state index in [0.717, 1.165) is 5.69 Å². The van der Waals surface area contributed by atoms with E-state index in [-0.39, 0.29) is 5.91 Å². The zero-order valence-electron chi connectivity index (χ0n) is 11.6. The Kier molecular flexibility index (Phi) is 4.29. The maximum absolute atomic E-state index is 12.1. The Balaban J connectivity index is 2.00. The monoisotopic (exact) mass is 293 g/mol. The quantitative estimate of drug-likeness (QED) is 0.943. The SMILES string of the molecule is Cc1cc(NC(=O)C(C)Oc2cccc(Cl)c2)n(C)n1. The van der Waals surface area contributed by atoms with Crippen LogP contribution in [0.2, 0.25) is 5.02 Å². The van der Waals surface area contributed by atoms with Crippen LogP contribution in [0.3, 0.4) is 0 Å². The van der Waals surface area contributed by atoms with Gasteiger partial charge in [-0.05, 0) is 32.0 Å². The van der Waals surface area contributed by atoms with Crippen molar-refractivity contribution in [3.8, 4) is 5.75 Å². The summed E-state index contributed by atoms with van der Waals surface area (Å²) in [6.07, 6.45) is -0.635. The summed E-state index contributed by atoms with van der Waals surface area (Å²) in [6, 6.07) is 8.73. The molecule has 0 bridgehead atoms. The first kappa shape index (κ1) is 14.4. The number of halogens is 1. The second-order valence-corrected chi connectivity index (χ2v) is 4.94. The lowest BCUT2D eigenvalue weighted by Crippen LogP contribution is -2.30. The molecule has 0 saturated heterocycles. The predicted octanol–water partition coefficient (Wildman–Crippen LogP) is 2.79. The third-order valence-corrected chi connectivity index (χ3v) is 2.97. The van der Waals surface area contributed by atoms with Crippen molar-refractivity contribution in [3.05, 3.63) is 41.0 Å². The van der Waals surface area contributed by atoms with Gasteiger partial charge in [0, 0.05) is 18.1 Å². The average molecular weight is 294 g/mol. The highest BCUT2D eigenvalue weighted by atomic mass is 35.5. The summed E-state index contributed by atoms with van der Waals surface area (Å²) in [7, 11) is 1.77. The molecule has 1 heterocycles. The van der Waals surface area contributed by atoms with Crippen LogP contribution in [0.15, 0.2) is 30.3 Å². The molecule has 0 radical (unpaired) electrons. The second-order valence-electron chi connectivity index (χ2n) is 4.50. The van der Waals surface area contributed by atoms with E-state index in [9.17, 15) is 4.79 Å². The zero-order chi connectivity index (χ0) is 14.7. The summed E-state index contributed by atoms with van der Waals surface area (Å²) in [5.74, 6) is 0.948. The van der Waals surface area contributed by atoms with E-state index in [4.69, 9.17) is 16.3 Å². The number of aromatic nitrogens is 2. The summed E-state index contributed by atoms with van der Waals surface area (Å²) in [6.45, 7) is 3.54. The maximum Gasteiger partial charge on any atom is 0.266 e. The number of amides is 1. The van der Waals surface area contributed by atoms with E-state index in [1.54, 1.807) is 49.0 Å². The van der Waals surface area contributed by atoms with Crippen molar-refractivity contribution in [2.45, 2.75) is 20.0 Å². The Labute approximate surface area is 122 Å². The number of rotatable bonds is 4. The van der Waals surface area contributed by atoms with E-state index >= 15 is 0 Å². The number of benzene rings is 1. The normalized spacial score (nSPS) is 12.0. The molecule has 5 nitrogen and oxygen atoms in total. The first-order chi connectivity index (χ1) is 9.45. The van der Waals surface area contributed by atoms with Crippen molar-refractivity contribution in [1.29, 1.82) is 0 Å². The van der Waals surface area contributed by atoms with Crippen LogP contribution in [0.1, 0.15) is 12.6 Å². The number of nitrogens with zero attached hydrogens (tertiary/aromatic N) is 2. The van der Waals surface area contributed by atoms with Gasteiger partial charge in [-0.1, -0.05) is 17.7 Å². The Morgan fingerprint density at radius 3 is 2.80 bits per heavy atom. The molecule has 0 aliphatic carbocycles. The molecule has 0 fully saturated rings. The van der Waals surface area contributed by atoms with Gasteiger partial charge in [-0.25, -0.2) is 0 Å². The average Bonchev–Trinajstić information content (AvgIpc) is 2.67. The van der Waals surface area contributed by atoms with Gasteiger partial charge in [0.2, 0.25) is 0 Å². The molecular formula is C14H16ClN3O2. The molecular weight excluding hydrogens is 278 g/mol. The van der Waals surface area contributed by atoms with E-state index in [0.29, 0.717) is 16.6 Å². The summed E-state index contributed by atoms with van der Waals surface area (Å²) >= 11 is 5.87. The van der Waals surface area contributed by atoms with Crippen LogP contribution in [0, 0.1) is 6.92 Å². The Bertz CT molecular complexity index is 625. The van der Waals surface area contributed by atoms with Crippen molar-refractivity contribution in [2.24, 2.45) is 7.05 Å². The van der Waals surface area contributed by atoms with Gasteiger partial charge in [0.25, 0.3) is 5.91 Å². The lowest BCUT2D eigenvalue weighted by molar-refractivity contribution is -0.122. The molecule has 0 aliphatic rings. The van der Waals surface area contributed by atoms with Crippen LogP contribution in [-0.4, -0.2) is 21.8 Å². The lowest BCUT2D eigenvalue weighted by atomic mass is 10.3. The minimum Gasteiger partial charge on any atom is -0.481 e.